The number of hydrogen-bond acceptors (Lipinski definition) is 4. The summed E-state index contributed by atoms with van der Waals surface area (Å²) in [5, 5.41) is 3.24. The van der Waals surface area contributed by atoms with E-state index in [4.69, 9.17) is 16.3 Å². The minimum Gasteiger partial charge on any atom is -0.495 e. The number of methoxy groups -OCH3 is 1. The highest BCUT2D eigenvalue weighted by Gasteiger charge is 2.48. The van der Waals surface area contributed by atoms with Crippen LogP contribution in [0.1, 0.15) is 31.2 Å². The number of likely N-dealkylation sites (tertiary alicyclic amines) is 1. The molecule has 0 bridgehead atoms. The third-order valence-corrected chi connectivity index (χ3v) is 5.40. The zero-order valence-electron chi connectivity index (χ0n) is 14.3. The van der Waals surface area contributed by atoms with Crippen LogP contribution in [-0.2, 0) is 14.4 Å². The summed E-state index contributed by atoms with van der Waals surface area (Å²) in [6.45, 7) is 1.55. The maximum Gasteiger partial charge on any atom is 0.244 e. The molecule has 7 heteroatoms. The number of carbonyl (C=O) groups is 3. The van der Waals surface area contributed by atoms with Gasteiger partial charge in [0.05, 0.1) is 24.6 Å². The van der Waals surface area contributed by atoms with Gasteiger partial charge in [0.1, 0.15) is 12.3 Å². The Morgan fingerprint density at radius 2 is 1.84 bits per heavy atom. The van der Waals surface area contributed by atoms with E-state index in [1.54, 1.807) is 12.1 Å². The van der Waals surface area contributed by atoms with Crippen LogP contribution in [0, 0.1) is 18.8 Å². The average Bonchev–Trinajstić information content (AvgIpc) is 2.83. The highest BCUT2D eigenvalue weighted by atomic mass is 35.5. The number of ether oxygens (including phenoxy) is 1. The van der Waals surface area contributed by atoms with Crippen LogP contribution in [-0.4, -0.2) is 36.3 Å². The van der Waals surface area contributed by atoms with Gasteiger partial charge in [-0.3, -0.25) is 19.3 Å². The Bertz CT molecular complexity index is 710. The van der Waals surface area contributed by atoms with E-state index in [1.165, 1.54) is 7.11 Å². The van der Waals surface area contributed by atoms with Crippen molar-refractivity contribution >= 4 is 35.0 Å². The van der Waals surface area contributed by atoms with Gasteiger partial charge in [0, 0.05) is 11.1 Å². The number of rotatable bonds is 4. The van der Waals surface area contributed by atoms with Crippen molar-refractivity contribution in [3.05, 3.63) is 22.7 Å². The van der Waals surface area contributed by atoms with Crippen molar-refractivity contribution in [2.75, 3.05) is 19.0 Å². The Labute approximate surface area is 151 Å². The van der Waals surface area contributed by atoms with Crippen LogP contribution in [0.5, 0.6) is 5.75 Å². The minimum absolute atomic E-state index is 0.218. The molecule has 1 aliphatic carbocycles. The van der Waals surface area contributed by atoms with Crippen LogP contribution in [0.15, 0.2) is 12.1 Å². The molecule has 2 aliphatic rings. The molecule has 1 saturated heterocycles. The van der Waals surface area contributed by atoms with Crippen LogP contribution in [0.2, 0.25) is 5.02 Å². The van der Waals surface area contributed by atoms with Gasteiger partial charge < -0.3 is 10.1 Å². The molecule has 2 atom stereocenters. The van der Waals surface area contributed by atoms with Gasteiger partial charge in [0.25, 0.3) is 0 Å². The molecule has 1 heterocycles. The van der Waals surface area contributed by atoms with Gasteiger partial charge in [-0.05, 0) is 31.4 Å². The van der Waals surface area contributed by atoms with E-state index < -0.39 is 5.91 Å². The molecule has 134 valence electrons. The summed E-state index contributed by atoms with van der Waals surface area (Å²) in [6, 6.07) is 3.32. The Balaban J connectivity index is 1.72. The summed E-state index contributed by atoms with van der Waals surface area (Å²) in [4.78, 5) is 38.4. The highest BCUT2D eigenvalue weighted by molar-refractivity contribution is 6.31. The summed E-state index contributed by atoms with van der Waals surface area (Å²) in [7, 11) is 1.48. The van der Waals surface area contributed by atoms with Gasteiger partial charge in [-0.15, -0.1) is 0 Å². The molecule has 0 unspecified atom stereocenters. The quantitative estimate of drug-likeness (QED) is 0.833. The molecule has 3 amide bonds. The minimum atomic E-state index is -0.430. The number of nitrogens with one attached hydrogen (secondary N) is 1. The van der Waals surface area contributed by atoms with Crippen molar-refractivity contribution in [1.82, 2.24) is 4.90 Å². The molecule has 0 radical (unpaired) electrons. The van der Waals surface area contributed by atoms with Gasteiger partial charge in [-0.1, -0.05) is 24.4 Å². The number of fused-ring (bicyclic) bond motifs is 1. The van der Waals surface area contributed by atoms with Gasteiger partial charge in [-0.25, -0.2) is 0 Å². The number of carbonyl (C=O) groups excluding carboxylic acids is 3. The number of imide groups is 1. The van der Waals surface area contributed by atoms with E-state index in [0.29, 0.717) is 16.5 Å². The summed E-state index contributed by atoms with van der Waals surface area (Å²) >= 11 is 6.06. The first-order valence-electron chi connectivity index (χ1n) is 8.41. The third-order valence-electron chi connectivity index (χ3n) is 4.99. The lowest BCUT2D eigenvalue weighted by atomic mass is 9.81. The zero-order valence-corrected chi connectivity index (χ0v) is 15.1. The van der Waals surface area contributed by atoms with Crippen LogP contribution in [0.25, 0.3) is 0 Å². The van der Waals surface area contributed by atoms with E-state index in [2.05, 4.69) is 5.32 Å². The smallest absolute Gasteiger partial charge is 0.244 e. The molecule has 0 spiro atoms. The van der Waals surface area contributed by atoms with E-state index >= 15 is 0 Å². The number of hydrogen-bond donors (Lipinski definition) is 1. The molecule has 25 heavy (non-hydrogen) atoms. The molecule has 3 rings (SSSR count). The molecule has 1 aromatic rings. The number of nitrogens with zero attached hydrogens (tertiary/aromatic N) is 1. The fourth-order valence-electron chi connectivity index (χ4n) is 3.65. The number of aryl methyl sites for hydroxylation is 1. The van der Waals surface area contributed by atoms with E-state index in [1.807, 2.05) is 6.92 Å². The summed E-state index contributed by atoms with van der Waals surface area (Å²) in [5.41, 5.74) is 1.25. The second-order valence-electron chi connectivity index (χ2n) is 6.61. The predicted octanol–water partition coefficient (Wildman–Crippen LogP) is 2.77. The Morgan fingerprint density at radius 1 is 1.24 bits per heavy atom. The molecule has 1 saturated carbocycles. The first-order valence-corrected chi connectivity index (χ1v) is 8.79. The maximum atomic E-state index is 12.4. The van der Waals surface area contributed by atoms with Gasteiger partial charge in [0.15, 0.2) is 0 Å². The lowest BCUT2D eigenvalue weighted by Gasteiger charge is -2.19. The van der Waals surface area contributed by atoms with Crippen molar-refractivity contribution in [2.45, 2.75) is 32.6 Å². The van der Waals surface area contributed by atoms with E-state index in [-0.39, 0.29) is 30.2 Å². The number of benzene rings is 1. The van der Waals surface area contributed by atoms with Crippen molar-refractivity contribution < 1.29 is 19.1 Å². The monoisotopic (exact) mass is 364 g/mol. The van der Waals surface area contributed by atoms with Crippen molar-refractivity contribution in [1.29, 1.82) is 0 Å². The van der Waals surface area contributed by atoms with Gasteiger partial charge in [0.2, 0.25) is 17.7 Å². The van der Waals surface area contributed by atoms with E-state index in [0.717, 1.165) is 36.1 Å². The Kier molecular flexibility index (Phi) is 4.99. The molecule has 1 aromatic carbocycles. The Morgan fingerprint density at radius 3 is 2.40 bits per heavy atom. The van der Waals surface area contributed by atoms with Gasteiger partial charge in [-0.2, -0.15) is 0 Å². The molecular formula is C18H21ClN2O4. The molecule has 6 nitrogen and oxygen atoms in total. The summed E-state index contributed by atoms with van der Waals surface area (Å²) in [6.07, 6.45) is 3.39. The first kappa shape index (κ1) is 17.7. The normalized spacial score (nSPS) is 22.8. The van der Waals surface area contributed by atoms with Crippen molar-refractivity contribution in [3.63, 3.8) is 0 Å². The van der Waals surface area contributed by atoms with Crippen LogP contribution < -0.4 is 10.1 Å². The van der Waals surface area contributed by atoms with Crippen molar-refractivity contribution in [2.24, 2.45) is 11.8 Å². The third kappa shape index (κ3) is 3.35. The lowest BCUT2D eigenvalue weighted by molar-refractivity contribution is -0.142. The second kappa shape index (κ2) is 7.04. The fraction of sp³-hybridized carbons (Fsp3) is 0.500. The van der Waals surface area contributed by atoms with E-state index in [9.17, 15) is 14.4 Å². The standard InChI is InChI=1S/C18H21ClN2O4/c1-10-7-14(15(25-2)8-13(10)19)20-16(22)9-21-17(23)11-5-3-4-6-12(11)18(21)24/h7-8,11-12H,3-6,9H2,1-2H3,(H,20,22)/t11-,12+. The number of amides is 3. The number of anilines is 1. The average molecular weight is 365 g/mol. The first-order chi connectivity index (χ1) is 11.9. The maximum absolute atomic E-state index is 12.4. The number of halogens is 1. The highest BCUT2D eigenvalue weighted by Crippen LogP contribution is 2.38. The topological polar surface area (TPSA) is 75.7 Å². The summed E-state index contributed by atoms with van der Waals surface area (Å²) < 4.78 is 5.22. The lowest BCUT2D eigenvalue weighted by Crippen LogP contribution is -2.38. The fourth-order valence-corrected chi connectivity index (χ4v) is 3.80. The molecule has 2 fully saturated rings. The largest absolute Gasteiger partial charge is 0.495 e. The second-order valence-corrected chi connectivity index (χ2v) is 7.02. The Hall–Kier alpha value is -2.08. The summed E-state index contributed by atoms with van der Waals surface area (Å²) in [5.74, 6) is -0.937. The predicted molar refractivity (Wildman–Crippen MR) is 93.5 cm³/mol. The van der Waals surface area contributed by atoms with Crippen LogP contribution in [0.3, 0.4) is 0 Å². The van der Waals surface area contributed by atoms with Crippen LogP contribution in [0.4, 0.5) is 5.69 Å². The molecule has 1 N–H and O–H groups in total. The molecular weight excluding hydrogens is 344 g/mol. The van der Waals surface area contributed by atoms with Gasteiger partial charge >= 0.3 is 0 Å². The molecule has 0 aromatic heterocycles. The molecule has 1 aliphatic heterocycles. The van der Waals surface area contributed by atoms with Crippen molar-refractivity contribution in [3.8, 4) is 5.75 Å². The zero-order chi connectivity index (χ0) is 18.1. The SMILES string of the molecule is COc1cc(Cl)c(C)cc1NC(=O)CN1C(=O)[C@H]2CCCC[C@H]2C1=O. The van der Waals surface area contributed by atoms with Crippen LogP contribution >= 0.6 is 11.6 Å².